The quantitative estimate of drug-likeness (QED) is 0.853. The lowest BCUT2D eigenvalue weighted by atomic mass is 10.1. The van der Waals surface area contributed by atoms with Gasteiger partial charge in [-0.05, 0) is 17.7 Å². The molecule has 1 saturated heterocycles. The third-order valence-corrected chi connectivity index (χ3v) is 4.95. The summed E-state index contributed by atoms with van der Waals surface area (Å²) in [5, 5.41) is 8.97. The van der Waals surface area contributed by atoms with E-state index in [0.29, 0.717) is 24.5 Å². The van der Waals surface area contributed by atoms with Gasteiger partial charge in [-0.1, -0.05) is 28.8 Å². The zero-order valence-corrected chi connectivity index (χ0v) is 14.3. The van der Waals surface area contributed by atoms with Gasteiger partial charge in [-0.25, -0.2) is 0 Å². The molecule has 118 valence electrons. The zero-order chi connectivity index (χ0) is 15.5. The topological polar surface area (TPSA) is 45.4 Å². The van der Waals surface area contributed by atoms with Crippen molar-refractivity contribution in [3.8, 4) is 0 Å². The molecule has 1 unspecified atom stereocenters. The van der Waals surface area contributed by atoms with E-state index >= 15 is 0 Å². The number of benzene rings is 1. The minimum Gasteiger partial charge on any atom is -0.407 e. The van der Waals surface area contributed by atoms with Crippen molar-refractivity contribution >= 4 is 29.4 Å². The minimum absolute atomic E-state index is 0.353. The van der Waals surface area contributed by atoms with Crippen molar-refractivity contribution in [2.75, 3.05) is 37.0 Å². The molecule has 0 spiro atoms. The van der Waals surface area contributed by atoms with Crippen molar-refractivity contribution in [3.05, 3.63) is 40.7 Å². The van der Waals surface area contributed by atoms with Gasteiger partial charge in [-0.2, -0.15) is 11.8 Å². The van der Waals surface area contributed by atoms with Gasteiger partial charge in [0.15, 0.2) is 0 Å². The Morgan fingerprint density at radius 2 is 2.09 bits per heavy atom. The molecule has 0 saturated carbocycles. The van der Waals surface area contributed by atoms with E-state index < -0.39 is 0 Å². The SMILES string of the molecule is CN(C)c1nnc(CN2CCSCC2c2ccc(Cl)cc2)o1. The molecule has 1 aromatic heterocycles. The predicted molar refractivity (Wildman–Crippen MR) is 90.6 cm³/mol. The lowest BCUT2D eigenvalue weighted by Crippen LogP contribution is -2.35. The Bertz CT molecular complexity index is 616. The van der Waals surface area contributed by atoms with Crippen molar-refractivity contribution in [3.63, 3.8) is 0 Å². The molecule has 5 nitrogen and oxygen atoms in total. The van der Waals surface area contributed by atoms with Crippen LogP contribution in [0.4, 0.5) is 6.01 Å². The van der Waals surface area contributed by atoms with Gasteiger partial charge < -0.3 is 9.32 Å². The smallest absolute Gasteiger partial charge is 0.317 e. The Hall–Kier alpha value is -1.24. The first kappa shape index (κ1) is 15.6. The molecule has 0 N–H and O–H groups in total. The Labute approximate surface area is 139 Å². The van der Waals surface area contributed by atoms with Crippen molar-refractivity contribution in [1.82, 2.24) is 15.1 Å². The Balaban J connectivity index is 1.75. The second-order valence-corrected chi connectivity index (χ2v) is 7.07. The number of hydrogen-bond donors (Lipinski definition) is 0. The third-order valence-electron chi connectivity index (χ3n) is 3.67. The fourth-order valence-electron chi connectivity index (χ4n) is 2.48. The van der Waals surface area contributed by atoms with Gasteiger partial charge in [0.25, 0.3) is 0 Å². The molecule has 1 aromatic carbocycles. The molecule has 1 fully saturated rings. The van der Waals surface area contributed by atoms with Gasteiger partial charge in [-0.15, -0.1) is 5.10 Å². The average molecular weight is 339 g/mol. The number of halogens is 1. The Morgan fingerprint density at radius 1 is 1.32 bits per heavy atom. The van der Waals surface area contributed by atoms with E-state index in [1.54, 1.807) is 0 Å². The second kappa shape index (κ2) is 6.89. The standard InChI is InChI=1S/C15H19ClN4OS/c1-19(2)15-18-17-14(21-15)9-20-7-8-22-10-13(20)11-3-5-12(16)6-4-11/h3-6,13H,7-10H2,1-2H3. The highest BCUT2D eigenvalue weighted by molar-refractivity contribution is 7.99. The van der Waals surface area contributed by atoms with Crippen LogP contribution in [0.3, 0.4) is 0 Å². The molecule has 7 heteroatoms. The van der Waals surface area contributed by atoms with Crippen LogP contribution in [-0.2, 0) is 6.54 Å². The van der Waals surface area contributed by atoms with Crippen LogP contribution in [0, 0.1) is 0 Å². The summed E-state index contributed by atoms with van der Waals surface area (Å²) in [4.78, 5) is 4.21. The molecule has 1 aliphatic rings. The van der Waals surface area contributed by atoms with Crippen LogP contribution in [0.25, 0.3) is 0 Å². The lowest BCUT2D eigenvalue weighted by Gasteiger charge is -2.34. The number of hydrogen-bond acceptors (Lipinski definition) is 6. The van der Waals surface area contributed by atoms with Crippen LogP contribution in [0.1, 0.15) is 17.5 Å². The van der Waals surface area contributed by atoms with Crippen LogP contribution in [0.15, 0.2) is 28.7 Å². The minimum atomic E-state index is 0.353. The zero-order valence-electron chi connectivity index (χ0n) is 12.7. The molecule has 22 heavy (non-hydrogen) atoms. The highest BCUT2D eigenvalue weighted by atomic mass is 35.5. The number of rotatable bonds is 4. The molecule has 0 radical (unpaired) electrons. The monoisotopic (exact) mass is 338 g/mol. The first-order valence-electron chi connectivity index (χ1n) is 7.20. The highest BCUT2D eigenvalue weighted by Crippen LogP contribution is 2.31. The van der Waals surface area contributed by atoms with Gasteiger partial charge in [0, 0.05) is 43.2 Å². The van der Waals surface area contributed by atoms with Gasteiger partial charge in [0.2, 0.25) is 5.89 Å². The maximum Gasteiger partial charge on any atom is 0.317 e. The lowest BCUT2D eigenvalue weighted by molar-refractivity contribution is 0.192. The van der Waals surface area contributed by atoms with E-state index in [-0.39, 0.29) is 0 Å². The molecule has 0 aliphatic carbocycles. The van der Waals surface area contributed by atoms with Crippen molar-refractivity contribution in [2.24, 2.45) is 0 Å². The van der Waals surface area contributed by atoms with Gasteiger partial charge in [0.1, 0.15) is 0 Å². The summed E-state index contributed by atoms with van der Waals surface area (Å²) in [6, 6.07) is 9.00. The number of anilines is 1. The Kier molecular flexibility index (Phi) is 4.90. The normalized spacial score (nSPS) is 19.3. The summed E-state index contributed by atoms with van der Waals surface area (Å²) in [6.07, 6.45) is 0. The highest BCUT2D eigenvalue weighted by Gasteiger charge is 2.26. The molecular weight excluding hydrogens is 320 g/mol. The van der Waals surface area contributed by atoms with E-state index in [2.05, 4.69) is 27.2 Å². The molecule has 1 aliphatic heterocycles. The number of aromatic nitrogens is 2. The largest absolute Gasteiger partial charge is 0.407 e. The fourth-order valence-corrected chi connectivity index (χ4v) is 3.77. The first-order valence-corrected chi connectivity index (χ1v) is 8.73. The summed E-state index contributed by atoms with van der Waals surface area (Å²) in [7, 11) is 3.79. The summed E-state index contributed by atoms with van der Waals surface area (Å²) in [5.74, 6) is 2.85. The molecule has 1 atom stereocenters. The average Bonchev–Trinajstić information content (AvgIpc) is 2.98. The van der Waals surface area contributed by atoms with Gasteiger partial charge in [-0.3, -0.25) is 4.90 Å². The van der Waals surface area contributed by atoms with Crippen molar-refractivity contribution in [2.45, 2.75) is 12.6 Å². The third kappa shape index (κ3) is 3.56. The number of nitrogens with zero attached hydrogens (tertiary/aromatic N) is 4. The van der Waals surface area contributed by atoms with Crippen LogP contribution in [0.5, 0.6) is 0 Å². The first-order chi connectivity index (χ1) is 10.6. The van der Waals surface area contributed by atoms with Gasteiger partial charge >= 0.3 is 6.01 Å². The molecule has 3 rings (SSSR count). The molecule has 0 amide bonds. The van der Waals surface area contributed by atoms with E-state index in [1.807, 2.05) is 42.9 Å². The summed E-state index contributed by atoms with van der Waals surface area (Å²) >= 11 is 7.97. The maximum absolute atomic E-state index is 5.99. The molecular formula is C15H19ClN4OS. The summed E-state index contributed by atoms with van der Waals surface area (Å²) in [6.45, 7) is 1.69. The van der Waals surface area contributed by atoms with Crippen molar-refractivity contribution < 1.29 is 4.42 Å². The van der Waals surface area contributed by atoms with Crippen molar-refractivity contribution in [1.29, 1.82) is 0 Å². The van der Waals surface area contributed by atoms with Crippen LogP contribution in [0.2, 0.25) is 5.02 Å². The molecule has 2 aromatic rings. The molecule has 2 heterocycles. The van der Waals surface area contributed by atoms with Crippen LogP contribution in [-0.4, -0.2) is 47.2 Å². The fraction of sp³-hybridized carbons (Fsp3) is 0.467. The van der Waals surface area contributed by atoms with Crippen LogP contribution < -0.4 is 4.90 Å². The van der Waals surface area contributed by atoms with E-state index in [4.69, 9.17) is 16.0 Å². The van der Waals surface area contributed by atoms with E-state index in [9.17, 15) is 0 Å². The second-order valence-electron chi connectivity index (χ2n) is 5.49. The van der Waals surface area contributed by atoms with Gasteiger partial charge in [0.05, 0.1) is 6.54 Å². The maximum atomic E-state index is 5.99. The Morgan fingerprint density at radius 3 is 2.77 bits per heavy atom. The summed E-state index contributed by atoms with van der Waals surface area (Å²) in [5.41, 5.74) is 1.28. The van der Waals surface area contributed by atoms with Crippen LogP contribution >= 0.6 is 23.4 Å². The van der Waals surface area contributed by atoms with E-state index in [0.717, 1.165) is 23.1 Å². The number of thioether (sulfide) groups is 1. The summed E-state index contributed by atoms with van der Waals surface area (Å²) < 4.78 is 5.69. The molecule has 0 bridgehead atoms. The van der Waals surface area contributed by atoms with E-state index in [1.165, 1.54) is 5.56 Å². The predicted octanol–water partition coefficient (Wildman–Crippen LogP) is 3.08.